The fourth-order valence-electron chi connectivity index (χ4n) is 1.69. The molecular formula is C15H16N2O3S. The number of carbonyl (C=O) groups excluding carboxylic acids is 2. The summed E-state index contributed by atoms with van der Waals surface area (Å²) in [7, 11) is 0. The van der Waals surface area contributed by atoms with Gasteiger partial charge >= 0.3 is 5.97 Å². The van der Waals surface area contributed by atoms with Gasteiger partial charge in [0.1, 0.15) is 5.75 Å². The largest absolute Gasteiger partial charge is 0.423 e. The predicted molar refractivity (Wildman–Crippen MR) is 80.9 cm³/mol. The summed E-state index contributed by atoms with van der Waals surface area (Å²) in [6, 6.07) is 6.56. The fraction of sp³-hybridized carbons (Fsp3) is 0.267. The predicted octanol–water partition coefficient (Wildman–Crippen LogP) is 2.81. The van der Waals surface area contributed by atoms with Crippen LogP contribution in [0.15, 0.2) is 29.6 Å². The lowest BCUT2D eigenvalue weighted by Gasteiger charge is -2.07. The monoisotopic (exact) mass is 304 g/mol. The van der Waals surface area contributed by atoms with E-state index in [1.165, 1.54) is 11.5 Å². The summed E-state index contributed by atoms with van der Waals surface area (Å²) < 4.78 is 9.32. The van der Waals surface area contributed by atoms with Crippen molar-refractivity contribution in [2.75, 3.05) is 6.54 Å². The first-order chi connectivity index (χ1) is 10.1. The Kier molecular flexibility index (Phi) is 5.05. The number of nitrogens with zero attached hydrogens (tertiary/aromatic N) is 1. The number of amides is 1. The number of esters is 1. The molecule has 1 aromatic carbocycles. The summed E-state index contributed by atoms with van der Waals surface area (Å²) >= 11 is 1.21. The number of ether oxygens (including phenoxy) is 1. The third-order valence-electron chi connectivity index (χ3n) is 2.81. The Hall–Kier alpha value is -2.21. The zero-order chi connectivity index (χ0) is 15.2. The van der Waals surface area contributed by atoms with E-state index >= 15 is 0 Å². The van der Waals surface area contributed by atoms with Crippen LogP contribution in [0.3, 0.4) is 0 Å². The number of aryl methyl sites for hydroxylation is 1. The van der Waals surface area contributed by atoms with Crippen molar-refractivity contribution in [3.63, 3.8) is 0 Å². The van der Waals surface area contributed by atoms with E-state index in [0.717, 1.165) is 6.42 Å². The van der Waals surface area contributed by atoms with Gasteiger partial charge in [0, 0.05) is 17.5 Å². The van der Waals surface area contributed by atoms with Crippen LogP contribution in [0.2, 0.25) is 0 Å². The summed E-state index contributed by atoms with van der Waals surface area (Å²) in [5.74, 6) is -0.301. The van der Waals surface area contributed by atoms with Gasteiger partial charge in [0.25, 0.3) is 5.91 Å². The van der Waals surface area contributed by atoms with Gasteiger partial charge in [-0.25, -0.2) is 4.79 Å². The molecule has 1 N–H and O–H groups in total. The number of nitrogens with one attached hydrogen (secondary N) is 1. The average Bonchev–Trinajstić information content (AvgIpc) is 2.91. The van der Waals surface area contributed by atoms with Gasteiger partial charge in [-0.15, -0.1) is 0 Å². The van der Waals surface area contributed by atoms with Gasteiger partial charge in [-0.05, 0) is 43.1 Å². The molecule has 0 radical (unpaired) electrons. The molecule has 0 aliphatic heterocycles. The Balaban J connectivity index is 2.09. The van der Waals surface area contributed by atoms with Gasteiger partial charge in [0.05, 0.1) is 11.3 Å². The van der Waals surface area contributed by atoms with Crippen molar-refractivity contribution in [2.24, 2.45) is 0 Å². The first kappa shape index (κ1) is 15.2. The third kappa shape index (κ3) is 3.88. The lowest BCUT2D eigenvalue weighted by Crippen LogP contribution is -2.24. The molecule has 2 aromatic rings. The maximum atomic E-state index is 12.0. The van der Waals surface area contributed by atoms with Crippen LogP contribution in [0.25, 0.3) is 0 Å². The van der Waals surface area contributed by atoms with Crippen LogP contribution < -0.4 is 10.1 Å². The van der Waals surface area contributed by atoms with Gasteiger partial charge in [-0.1, -0.05) is 13.0 Å². The van der Waals surface area contributed by atoms with Gasteiger partial charge in [-0.3, -0.25) is 4.79 Å². The van der Waals surface area contributed by atoms with Gasteiger partial charge in [0.15, 0.2) is 0 Å². The lowest BCUT2D eigenvalue weighted by molar-refractivity contribution is 0.0733. The van der Waals surface area contributed by atoms with Crippen molar-refractivity contribution in [3.8, 4) is 5.75 Å². The highest BCUT2D eigenvalue weighted by Crippen LogP contribution is 2.17. The zero-order valence-corrected chi connectivity index (χ0v) is 12.7. The number of hydrogen-bond acceptors (Lipinski definition) is 5. The van der Waals surface area contributed by atoms with Crippen LogP contribution in [0, 0.1) is 6.92 Å². The second-order valence-electron chi connectivity index (χ2n) is 4.49. The van der Waals surface area contributed by atoms with Crippen LogP contribution in [0.1, 0.15) is 39.8 Å². The lowest BCUT2D eigenvalue weighted by atomic mass is 10.2. The maximum absolute atomic E-state index is 12.0. The van der Waals surface area contributed by atoms with E-state index in [1.54, 1.807) is 36.6 Å². The Morgan fingerprint density at radius 2 is 2.19 bits per heavy atom. The first-order valence-corrected chi connectivity index (χ1v) is 7.47. The van der Waals surface area contributed by atoms with Crippen LogP contribution in [-0.2, 0) is 0 Å². The highest BCUT2D eigenvalue weighted by Gasteiger charge is 2.14. The number of rotatable bonds is 5. The Labute approximate surface area is 127 Å². The molecule has 110 valence electrons. The molecule has 0 unspecified atom stereocenters. The highest BCUT2D eigenvalue weighted by atomic mass is 32.1. The molecule has 0 fully saturated rings. The summed E-state index contributed by atoms with van der Waals surface area (Å²) in [4.78, 5) is 23.9. The molecule has 5 nitrogen and oxygen atoms in total. The first-order valence-electron chi connectivity index (χ1n) is 6.63. The third-order valence-corrected chi connectivity index (χ3v) is 3.53. The van der Waals surface area contributed by atoms with Gasteiger partial charge in [-0.2, -0.15) is 4.37 Å². The molecule has 0 spiro atoms. The normalized spacial score (nSPS) is 10.2. The van der Waals surface area contributed by atoms with Crippen molar-refractivity contribution in [2.45, 2.75) is 20.3 Å². The van der Waals surface area contributed by atoms with Crippen molar-refractivity contribution >= 4 is 23.4 Å². The number of aromatic nitrogens is 1. The van der Waals surface area contributed by atoms with E-state index in [-0.39, 0.29) is 5.91 Å². The summed E-state index contributed by atoms with van der Waals surface area (Å²) in [5.41, 5.74) is 1.55. The van der Waals surface area contributed by atoms with E-state index in [9.17, 15) is 9.59 Å². The molecule has 0 aliphatic rings. The minimum atomic E-state index is -0.465. The molecule has 2 rings (SSSR count). The Morgan fingerprint density at radius 1 is 1.38 bits per heavy atom. The van der Waals surface area contributed by atoms with E-state index in [4.69, 9.17) is 4.74 Å². The molecule has 1 amide bonds. The topological polar surface area (TPSA) is 68.3 Å². The quantitative estimate of drug-likeness (QED) is 0.681. The van der Waals surface area contributed by atoms with Crippen LogP contribution in [0.4, 0.5) is 0 Å². The molecule has 0 saturated carbocycles. The van der Waals surface area contributed by atoms with Crippen LogP contribution >= 0.6 is 11.5 Å². The highest BCUT2D eigenvalue weighted by molar-refractivity contribution is 7.03. The molecule has 0 bridgehead atoms. The van der Waals surface area contributed by atoms with Crippen LogP contribution in [-0.4, -0.2) is 22.8 Å². The molecule has 1 aromatic heterocycles. The van der Waals surface area contributed by atoms with Crippen molar-refractivity contribution in [1.82, 2.24) is 9.69 Å². The summed E-state index contributed by atoms with van der Waals surface area (Å²) in [6.07, 6.45) is 0.866. The molecule has 0 atom stereocenters. The molecule has 1 heterocycles. The standard InChI is InChI=1S/C15H16N2O3S/c1-3-7-16-14(18)11-5-4-6-12(8-11)20-15(19)13-9-21-17-10(13)2/h4-6,8-9H,3,7H2,1-2H3,(H,16,18). The molecule has 6 heteroatoms. The fourth-order valence-corrected chi connectivity index (χ4v) is 2.37. The smallest absolute Gasteiger partial charge is 0.346 e. The van der Waals surface area contributed by atoms with E-state index in [2.05, 4.69) is 9.69 Å². The minimum Gasteiger partial charge on any atom is -0.423 e. The van der Waals surface area contributed by atoms with Crippen molar-refractivity contribution in [1.29, 1.82) is 0 Å². The second-order valence-corrected chi connectivity index (χ2v) is 5.12. The number of carbonyl (C=O) groups is 2. The zero-order valence-electron chi connectivity index (χ0n) is 11.9. The Morgan fingerprint density at radius 3 is 2.86 bits per heavy atom. The number of hydrogen-bond donors (Lipinski definition) is 1. The molecule has 21 heavy (non-hydrogen) atoms. The van der Waals surface area contributed by atoms with Crippen molar-refractivity contribution < 1.29 is 14.3 Å². The van der Waals surface area contributed by atoms with Crippen LogP contribution in [0.5, 0.6) is 5.75 Å². The second kappa shape index (κ2) is 6.99. The molecular weight excluding hydrogens is 288 g/mol. The molecule has 0 saturated heterocycles. The van der Waals surface area contributed by atoms with E-state index < -0.39 is 5.97 Å². The van der Waals surface area contributed by atoms with Gasteiger partial charge < -0.3 is 10.1 Å². The van der Waals surface area contributed by atoms with E-state index in [0.29, 0.717) is 29.1 Å². The van der Waals surface area contributed by atoms with Gasteiger partial charge in [0.2, 0.25) is 0 Å². The maximum Gasteiger partial charge on any atom is 0.346 e. The number of benzene rings is 1. The minimum absolute atomic E-state index is 0.178. The Bertz CT molecular complexity index is 652. The van der Waals surface area contributed by atoms with Crippen molar-refractivity contribution in [3.05, 3.63) is 46.5 Å². The summed E-state index contributed by atoms with van der Waals surface area (Å²) in [5, 5.41) is 4.43. The van der Waals surface area contributed by atoms with E-state index in [1.807, 2.05) is 6.92 Å². The molecule has 0 aliphatic carbocycles. The average molecular weight is 304 g/mol. The summed E-state index contributed by atoms with van der Waals surface area (Å²) in [6.45, 7) is 4.35. The SMILES string of the molecule is CCCNC(=O)c1cccc(OC(=O)c2csnc2C)c1.